The van der Waals surface area contributed by atoms with Gasteiger partial charge in [-0.1, -0.05) is 63.2 Å². The Morgan fingerprint density at radius 2 is 1.76 bits per heavy atom. The smallest absolute Gasteiger partial charge is 0.00134 e. The summed E-state index contributed by atoms with van der Waals surface area (Å²) in [6.07, 6.45) is 6.74. The minimum absolute atomic E-state index is 0.620. The van der Waals surface area contributed by atoms with Gasteiger partial charge in [0.2, 0.25) is 0 Å². The topological polar surface area (TPSA) is 0 Å². The maximum Gasteiger partial charge on any atom is -0.00134 e. The van der Waals surface area contributed by atoms with Gasteiger partial charge in [-0.05, 0) is 89.0 Å². The van der Waals surface area contributed by atoms with Gasteiger partial charge in [-0.3, -0.25) is 0 Å². The average Bonchev–Trinajstić information content (AvgIpc) is 2.98. The van der Waals surface area contributed by atoms with Crippen LogP contribution >= 0.6 is 0 Å². The van der Waals surface area contributed by atoms with Gasteiger partial charge in [-0.25, -0.2) is 0 Å². The van der Waals surface area contributed by atoms with Crippen molar-refractivity contribution in [2.24, 2.45) is 29.1 Å². The monoisotopic (exact) mass is 330 g/mol. The molecule has 0 heteroatoms. The van der Waals surface area contributed by atoms with Gasteiger partial charge >= 0.3 is 0 Å². The number of fused-ring (bicyclic) bond motifs is 5. The Hall–Kier alpha value is -1.56. The summed E-state index contributed by atoms with van der Waals surface area (Å²) >= 11 is 0. The highest BCUT2D eigenvalue weighted by molar-refractivity contribution is 5.76. The van der Waals surface area contributed by atoms with Gasteiger partial charge in [0.05, 0.1) is 0 Å². The van der Waals surface area contributed by atoms with Gasteiger partial charge in [-0.15, -0.1) is 0 Å². The van der Waals surface area contributed by atoms with Crippen LogP contribution in [0.3, 0.4) is 0 Å². The van der Waals surface area contributed by atoms with Gasteiger partial charge in [0.15, 0.2) is 0 Å². The first-order valence-electron chi connectivity index (χ1n) is 10.2. The Morgan fingerprint density at radius 3 is 2.56 bits per heavy atom. The minimum atomic E-state index is 0.620. The summed E-state index contributed by atoms with van der Waals surface area (Å²) in [7, 11) is 0. The van der Waals surface area contributed by atoms with Crippen molar-refractivity contribution in [1.29, 1.82) is 0 Å². The van der Waals surface area contributed by atoms with E-state index < -0.39 is 0 Å². The second-order valence-electron chi connectivity index (χ2n) is 9.58. The molecule has 0 radical (unpaired) electrons. The molecule has 0 aromatic heterocycles. The van der Waals surface area contributed by atoms with Crippen LogP contribution in [0.2, 0.25) is 0 Å². The molecule has 4 atom stereocenters. The molecule has 25 heavy (non-hydrogen) atoms. The van der Waals surface area contributed by atoms with Crippen LogP contribution in [0, 0.1) is 29.1 Å². The van der Waals surface area contributed by atoms with E-state index in [2.05, 4.69) is 63.2 Å². The van der Waals surface area contributed by atoms with Crippen molar-refractivity contribution in [1.82, 2.24) is 0 Å². The molecule has 6 rings (SSSR count). The van der Waals surface area contributed by atoms with Crippen molar-refractivity contribution in [3.63, 3.8) is 0 Å². The van der Waals surface area contributed by atoms with Crippen LogP contribution in [0.4, 0.5) is 0 Å². The first-order chi connectivity index (χ1) is 12.0. The van der Waals surface area contributed by atoms with Gasteiger partial charge < -0.3 is 0 Å². The highest BCUT2D eigenvalue weighted by Gasteiger charge is 2.55. The summed E-state index contributed by atoms with van der Waals surface area (Å²) < 4.78 is 0. The molecular formula is C25H30. The van der Waals surface area contributed by atoms with E-state index >= 15 is 0 Å². The zero-order valence-corrected chi connectivity index (χ0v) is 15.9. The van der Waals surface area contributed by atoms with Gasteiger partial charge in [-0.2, -0.15) is 0 Å². The highest BCUT2D eigenvalue weighted by atomic mass is 14.6. The van der Waals surface area contributed by atoms with Crippen molar-refractivity contribution in [3.8, 4) is 11.1 Å². The first kappa shape index (κ1) is 15.7. The van der Waals surface area contributed by atoms with Crippen molar-refractivity contribution >= 4 is 0 Å². The van der Waals surface area contributed by atoms with E-state index in [0.717, 1.165) is 30.1 Å². The molecule has 0 aliphatic heterocycles. The van der Waals surface area contributed by atoms with E-state index in [9.17, 15) is 0 Å². The lowest BCUT2D eigenvalue weighted by Gasteiger charge is -2.62. The second kappa shape index (κ2) is 5.47. The number of rotatable bonds is 3. The third kappa shape index (κ3) is 2.33. The van der Waals surface area contributed by atoms with Crippen molar-refractivity contribution in [2.75, 3.05) is 0 Å². The Kier molecular flexibility index (Phi) is 3.43. The molecular weight excluding hydrogens is 300 g/mol. The standard InChI is InChI=1S/C25H30/c1-16-18(14-21-15-24(16)25(21,2)3)10-8-17-9-11-23-20(12-17)13-19-6-4-5-7-22(19)23/h4-7,9,11-12,16,18,21,24H,8,10,13-15H2,1-3H3/t16-,18+,21+,24+/m1/s1. The quantitative estimate of drug-likeness (QED) is 0.513. The number of benzene rings is 2. The Morgan fingerprint density at radius 1 is 0.960 bits per heavy atom. The lowest BCUT2D eigenvalue weighted by atomic mass is 9.43. The predicted molar refractivity (Wildman–Crippen MR) is 106 cm³/mol. The lowest BCUT2D eigenvalue weighted by Crippen LogP contribution is -2.54. The molecule has 0 saturated heterocycles. The molecule has 0 unspecified atom stereocenters. The molecule has 4 aliphatic carbocycles. The fourth-order valence-electron chi connectivity index (χ4n) is 6.34. The van der Waals surface area contributed by atoms with E-state index in [-0.39, 0.29) is 0 Å². The summed E-state index contributed by atoms with van der Waals surface area (Å²) in [5, 5.41) is 0. The molecule has 2 aromatic rings. The van der Waals surface area contributed by atoms with Gasteiger partial charge in [0, 0.05) is 0 Å². The van der Waals surface area contributed by atoms with Crippen molar-refractivity contribution < 1.29 is 0 Å². The first-order valence-corrected chi connectivity index (χ1v) is 10.2. The molecule has 2 aromatic carbocycles. The SMILES string of the molecule is C[C@@H]1[C@@H](CCc2ccc3c(c2)Cc2ccccc2-3)C[C@H]2C[C@@H]1C2(C)C. The molecule has 130 valence electrons. The molecule has 0 heterocycles. The maximum absolute atomic E-state index is 2.53. The zero-order valence-electron chi connectivity index (χ0n) is 15.9. The lowest BCUT2D eigenvalue weighted by molar-refractivity contribution is -0.129. The normalized spacial score (nSPS) is 31.2. The molecule has 3 saturated carbocycles. The van der Waals surface area contributed by atoms with Crippen molar-refractivity contribution in [2.45, 2.75) is 52.9 Å². The summed E-state index contributed by atoms with van der Waals surface area (Å²) in [6.45, 7) is 7.55. The van der Waals surface area contributed by atoms with Crippen LogP contribution < -0.4 is 0 Å². The second-order valence-corrected chi connectivity index (χ2v) is 9.58. The summed E-state index contributed by atoms with van der Waals surface area (Å²) in [5.41, 5.74) is 8.13. The summed E-state index contributed by atoms with van der Waals surface area (Å²) in [5.74, 6) is 3.83. The summed E-state index contributed by atoms with van der Waals surface area (Å²) in [4.78, 5) is 0. The van der Waals surface area contributed by atoms with E-state index in [1.807, 2.05) is 0 Å². The molecule has 3 fully saturated rings. The Balaban J connectivity index is 1.28. The van der Waals surface area contributed by atoms with E-state index in [4.69, 9.17) is 0 Å². The third-order valence-corrected chi connectivity index (χ3v) is 8.17. The Bertz CT molecular complexity index is 813. The number of hydrogen-bond donors (Lipinski definition) is 0. The fraction of sp³-hybridized carbons (Fsp3) is 0.520. The average molecular weight is 331 g/mol. The van der Waals surface area contributed by atoms with E-state index in [1.165, 1.54) is 42.4 Å². The Labute approximate surface area is 152 Å². The van der Waals surface area contributed by atoms with E-state index in [1.54, 1.807) is 11.1 Å². The molecule has 4 aliphatic rings. The van der Waals surface area contributed by atoms with Crippen LogP contribution in [-0.2, 0) is 12.8 Å². The highest BCUT2D eigenvalue weighted by Crippen LogP contribution is 2.63. The summed E-state index contributed by atoms with van der Waals surface area (Å²) in [6, 6.07) is 16.2. The molecule has 0 spiro atoms. The zero-order chi connectivity index (χ0) is 17.2. The van der Waals surface area contributed by atoms with Gasteiger partial charge in [0.1, 0.15) is 0 Å². The number of aryl methyl sites for hydroxylation is 1. The van der Waals surface area contributed by atoms with Crippen LogP contribution in [0.15, 0.2) is 42.5 Å². The van der Waals surface area contributed by atoms with Crippen LogP contribution in [0.25, 0.3) is 11.1 Å². The third-order valence-electron chi connectivity index (χ3n) is 8.17. The van der Waals surface area contributed by atoms with Crippen LogP contribution in [0.1, 0.15) is 56.7 Å². The fourth-order valence-corrected chi connectivity index (χ4v) is 6.34. The number of hydrogen-bond acceptors (Lipinski definition) is 0. The van der Waals surface area contributed by atoms with Crippen LogP contribution in [-0.4, -0.2) is 0 Å². The van der Waals surface area contributed by atoms with E-state index in [0.29, 0.717) is 5.41 Å². The molecule has 0 amide bonds. The van der Waals surface area contributed by atoms with Crippen molar-refractivity contribution in [3.05, 3.63) is 59.2 Å². The predicted octanol–water partition coefficient (Wildman–Crippen LogP) is 6.51. The molecule has 0 N–H and O–H groups in total. The van der Waals surface area contributed by atoms with Gasteiger partial charge in [0.25, 0.3) is 0 Å². The van der Waals surface area contributed by atoms with Crippen LogP contribution in [0.5, 0.6) is 0 Å². The maximum atomic E-state index is 2.53. The minimum Gasteiger partial charge on any atom is -0.0620 e. The molecule has 0 nitrogen and oxygen atoms in total. The largest absolute Gasteiger partial charge is 0.0620 e. The molecule has 2 bridgehead atoms.